The molecule has 0 bridgehead atoms. The van der Waals surface area contributed by atoms with Gasteiger partial charge in [-0.1, -0.05) is 72.3 Å². The summed E-state index contributed by atoms with van der Waals surface area (Å²) in [7, 11) is -4.67. The van der Waals surface area contributed by atoms with Crippen LogP contribution in [0, 0.1) is 0 Å². The number of quaternary nitrogens is 1. The van der Waals surface area contributed by atoms with Crippen molar-refractivity contribution in [2.45, 2.75) is 111 Å². The average molecular weight is 469 g/mol. The van der Waals surface area contributed by atoms with Gasteiger partial charge < -0.3 is 9.59 Å². The lowest BCUT2D eigenvalue weighted by atomic mass is 10.1. The third-order valence-electron chi connectivity index (χ3n) is 5.26. The first-order valence-electron chi connectivity index (χ1n) is 12.4. The zero-order chi connectivity index (χ0) is 24.4. The van der Waals surface area contributed by atoms with Crippen molar-refractivity contribution < 1.29 is 27.1 Å². The summed E-state index contributed by atoms with van der Waals surface area (Å²) in [6, 6.07) is 0. The first-order valence-corrected chi connectivity index (χ1v) is 13.8. The Hall–Kier alpha value is -0.470. The van der Waals surface area contributed by atoms with E-state index in [0.29, 0.717) is 6.61 Å². The van der Waals surface area contributed by atoms with Gasteiger partial charge in [0.25, 0.3) is 0 Å². The van der Waals surface area contributed by atoms with Gasteiger partial charge in [-0.05, 0) is 44.9 Å². The van der Waals surface area contributed by atoms with Gasteiger partial charge in [0.2, 0.25) is 0 Å². The standard InChI is InChI=1S/C16H36N.C8H16O.H2O4S/c1-5-9-13-17(14-10-6-2,15-11-7-3)16-12-8-4;1-2-3-4-5-6-7-8-9;1-5(2,3)4/h5-16H2,1-4H3;2,9H,1,3-8H2;(H2,1,2,3,4)/q+1;;. The van der Waals surface area contributed by atoms with Crippen LogP contribution in [0.1, 0.15) is 111 Å². The van der Waals surface area contributed by atoms with E-state index in [1.54, 1.807) is 0 Å². The van der Waals surface area contributed by atoms with Gasteiger partial charge in [-0.3, -0.25) is 9.11 Å². The molecule has 7 heteroatoms. The fourth-order valence-corrected chi connectivity index (χ4v) is 3.40. The van der Waals surface area contributed by atoms with Crippen molar-refractivity contribution in [3.63, 3.8) is 0 Å². The van der Waals surface area contributed by atoms with Gasteiger partial charge in [-0.25, -0.2) is 0 Å². The molecular formula is C24H54NO5S+. The van der Waals surface area contributed by atoms with Crippen LogP contribution in [-0.2, 0) is 10.4 Å². The lowest BCUT2D eigenvalue weighted by Crippen LogP contribution is -2.50. The van der Waals surface area contributed by atoms with Crippen molar-refractivity contribution in [2.75, 3.05) is 32.8 Å². The Bertz CT molecular complexity index is 409. The smallest absolute Gasteiger partial charge is 0.394 e. The van der Waals surface area contributed by atoms with Crippen LogP contribution >= 0.6 is 0 Å². The molecule has 0 spiro atoms. The molecule has 6 nitrogen and oxygen atoms in total. The van der Waals surface area contributed by atoms with Crippen LogP contribution in [0.3, 0.4) is 0 Å². The number of aliphatic hydroxyl groups excluding tert-OH is 1. The van der Waals surface area contributed by atoms with Crippen molar-refractivity contribution in [1.29, 1.82) is 0 Å². The van der Waals surface area contributed by atoms with Crippen molar-refractivity contribution in [3.8, 4) is 0 Å². The van der Waals surface area contributed by atoms with E-state index in [9.17, 15) is 0 Å². The van der Waals surface area contributed by atoms with E-state index in [2.05, 4.69) is 34.3 Å². The zero-order valence-corrected chi connectivity index (χ0v) is 21.8. The summed E-state index contributed by atoms with van der Waals surface area (Å²) < 4.78 is 33.0. The van der Waals surface area contributed by atoms with Gasteiger partial charge in [-0.15, -0.1) is 6.58 Å². The highest BCUT2D eigenvalue weighted by Gasteiger charge is 2.24. The molecule has 0 aromatic heterocycles. The minimum atomic E-state index is -4.67. The Labute approximate surface area is 194 Å². The number of unbranched alkanes of at least 4 members (excludes halogenated alkanes) is 8. The zero-order valence-electron chi connectivity index (χ0n) is 21.0. The molecule has 0 rings (SSSR count). The Balaban J connectivity index is -0.000000465. The summed E-state index contributed by atoms with van der Waals surface area (Å²) in [5.41, 5.74) is 0. The summed E-state index contributed by atoms with van der Waals surface area (Å²) in [5.74, 6) is 0. The molecule has 3 N–H and O–H groups in total. The SMILES string of the molecule is C=CCCCCCCO.CCCC[N+](CCCC)(CCCC)CCCC.O=S(=O)(O)O. The predicted molar refractivity (Wildman–Crippen MR) is 134 cm³/mol. The van der Waals surface area contributed by atoms with Gasteiger partial charge >= 0.3 is 10.4 Å². The maximum absolute atomic E-state index is 8.74. The molecule has 31 heavy (non-hydrogen) atoms. The third-order valence-corrected chi connectivity index (χ3v) is 5.26. The number of allylic oxidation sites excluding steroid dienone is 1. The topological polar surface area (TPSA) is 94.8 Å². The minimum Gasteiger partial charge on any atom is -0.396 e. The van der Waals surface area contributed by atoms with E-state index in [1.165, 1.54) is 94.9 Å². The van der Waals surface area contributed by atoms with Crippen LogP contribution in [-0.4, -0.2) is 59.9 Å². The quantitative estimate of drug-likeness (QED) is 0.0927. The highest BCUT2D eigenvalue weighted by Crippen LogP contribution is 2.16. The van der Waals surface area contributed by atoms with Crippen LogP contribution in [0.2, 0.25) is 0 Å². The lowest BCUT2D eigenvalue weighted by molar-refractivity contribution is -0.929. The molecule has 0 aliphatic rings. The highest BCUT2D eigenvalue weighted by atomic mass is 32.3. The van der Waals surface area contributed by atoms with E-state index in [4.69, 9.17) is 22.6 Å². The summed E-state index contributed by atoms with van der Waals surface area (Å²) in [6.07, 6.45) is 18.7. The van der Waals surface area contributed by atoms with E-state index < -0.39 is 10.4 Å². The fraction of sp³-hybridized carbons (Fsp3) is 0.917. The van der Waals surface area contributed by atoms with Gasteiger partial charge in [0.05, 0.1) is 26.2 Å². The summed E-state index contributed by atoms with van der Waals surface area (Å²) in [5, 5.41) is 8.40. The molecular weight excluding hydrogens is 414 g/mol. The maximum atomic E-state index is 8.74. The van der Waals surface area contributed by atoms with Crippen molar-refractivity contribution in [2.24, 2.45) is 0 Å². The maximum Gasteiger partial charge on any atom is 0.394 e. The van der Waals surface area contributed by atoms with Crippen LogP contribution in [0.15, 0.2) is 12.7 Å². The van der Waals surface area contributed by atoms with E-state index >= 15 is 0 Å². The molecule has 0 saturated carbocycles. The Morgan fingerprint density at radius 2 is 1.00 bits per heavy atom. The van der Waals surface area contributed by atoms with Gasteiger partial charge in [0, 0.05) is 6.61 Å². The van der Waals surface area contributed by atoms with Crippen LogP contribution < -0.4 is 0 Å². The van der Waals surface area contributed by atoms with Gasteiger partial charge in [0.1, 0.15) is 0 Å². The number of hydrogen-bond donors (Lipinski definition) is 3. The second kappa shape index (κ2) is 25.8. The molecule has 190 valence electrons. The van der Waals surface area contributed by atoms with Crippen LogP contribution in [0.5, 0.6) is 0 Å². The van der Waals surface area contributed by atoms with E-state index in [1.807, 2.05) is 6.08 Å². The Morgan fingerprint density at radius 3 is 1.26 bits per heavy atom. The van der Waals surface area contributed by atoms with Crippen LogP contribution in [0.4, 0.5) is 0 Å². The molecule has 0 heterocycles. The van der Waals surface area contributed by atoms with Crippen molar-refractivity contribution >= 4 is 10.4 Å². The Morgan fingerprint density at radius 1 is 0.677 bits per heavy atom. The summed E-state index contributed by atoms with van der Waals surface area (Å²) in [4.78, 5) is 0. The first kappa shape index (κ1) is 35.1. The summed E-state index contributed by atoms with van der Waals surface area (Å²) >= 11 is 0. The van der Waals surface area contributed by atoms with Gasteiger partial charge in [0.15, 0.2) is 0 Å². The molecule has 0 unspecified atom stereocenters. The molecule has 0 fully saturated rings. The van der Waals surface area contributed by atoms with Crippen LogP contribution in [0.25, 0.3) is 0 Å². The second-order valence-corrected chi connectivity index (χ2v) is 9.21. The lowest BCUT2D eigenvalue weighted by Gasteiger charge is -2.39. The van der Waals surface area contributed by atoms with E-state index in [0.717, 1.165) is 19.3 Å². The van der Waals surface area contributed by atoms with Crippen molar-refractivity contribution in [1.82, 2.24) is 0 Å². The average Bonchev–Trinajstić information content (AvgIpc) is 2.72. The van der Waals surface area contributed by atoms with Gasteiger partial charge in [-0.2, -0.15) is 8.42 Å². The molecule has 0 aromatic carbocycles. The number of aliphatic hydroxyl groups is 1. The monoisotopic (exact) mass is 468 g/mol. The Kier molecular flexibility index (Phi) is 29.2. The highest BCUT2D eigenvalue weighted by molar-refractivity contribution is 7.79. The molecule has 0 radical (unpaired) electrons. The minimum absolute atomic E-state index is 0.341. The number of rotatable bonds is 18. The normalized spacial score (nSPS) is 11.2. The predicted octanol–water partition coefficient (Wildman–Crippen LogP) is 6.47. The largest absolute Gasteiger partial charge is 0.396 e. The van der Waals surface area contributed by atoms with Crippen molar-refractivity contribution in [3.05, 3.63) is 12.7 Å². The molecule has 0 aliphatic heterocycles. The molecule has 0 amide bonds. The molecule has 0 saturated heterocycles. The van der Waals surface area contributed by atoms with E-state index in [-0.39, 0.29) is 0 Å². The molecule has 0 aliphatic carbocycles. The summed E-state index contributed by atoms with van der Waals surface area (Å²) in [6.45, 7) is 19.0. The first-order chi connectivity index (χ1) is 14.7. The second-order valence-electron chi connectivity index (χ2n) is 8.31. The number of nitrogens with zero attached hydrogens (tertiary/aromatic N) is 1. The molecule has 0 atom stereocenters. The number of hydrogen-bond acceptors (Lipinski definition) is 3. The third kappa shape index (κ3) is 34.3. The molecule has 0 aromatic rings. The fourth-order valence-electron chi connectivity index (χ4n) is 3.40.